The predicted octanol–water partition coefficient (Wildman–Crippen LogP) is 3.00. The molecule has 0 spiro atoms. The Morgan fingerprint density at radius 2 is 1.52 bits per heavy atom. The van der Waals surface area contributed by atoms with Crippen LogP contribution in [0.2, 0.25) is 0 Å². The number of benzene rings is 2. The number of carbonyl (C=O) groups is 3. The summed E-state index contributed by atoms with van der Waals surface area (Å²) in [5, 5.41) is 0.384. The van der Waals surface area contributed by atoms with E-state index in [0.717, 1.165) is 12.1 Å². The number of fused-ring (bicyclic) bond motifs is 1. The highest BCUT2D eigenvalue weighted by Gasteiger charge is 2.42. The Kier molecular flexibility index (Phi) is 3.87. The minimum absolute atomic E-state index is 0.130. The van der Waals surface area contributed by atoms with E-state index in [1.165, 1.54) is 32.0 Å². The van der Waals surface area contributed by atoms with E-state index in [4.69, 9.17) is 4.84 Å². The maximum Gasteiger partial charge on any atom is 0.343 e. The molecule has 128 valence electrons. The average molecular weight is 345 g/mol. The first-order chi connectivity index (χ1) is 11.7. The van der Waals surface area contributed by atoms with Crippen molar-refractivity contribution in [1.29, 1.82) is 0 Å². The van der Waals surface area contributed by atoms with E-state index in [1.807, 2.05) is 0 Å². The van der Waals surface area contributed by atoms with E-state index in [9.17, 15) is 23.2 Å². The summed E-state index contributed by atoms with van der Waals surface area (Å²) < 4.78 is 26.5. The van der Waals surface area contributed by atoms with Gasteiger partial charge in [-0.3, -0.25) is 9.59 Å². The van der Waals surface area contributed by atoms with E-state index < -0.39 is 34.8 Å². The molecule has 0 N–H and O–H groups in total. The lowest BCUT2D eigenvalue weighted by Gasteiger charge is -2.25. The summed E-state index contributed by atoms with van der Waals surface area (Å²) in [4.78, 5) is 41.9. The van der Waals surface area contributed by atoms with Crippen LogP contribution in [0.4, 0.5) is 8.78 Å². The number of hydrogen-bond acceptors (Lipinski definition) is 4. The average Bonchev–Trinajstić information content (AvgIpc) is 2.82. The van der Waals surface area contributed by atoms with Crippen LogP contribution in [0.1, 0.15) is 40.1 Å². The third-order valence-electron chi connectivity index (χ3n) is 4.08. The van der Waals surface area contributed by atoms with Crippen molar-refractivity contribution in [3.8, 4) is 0 Å². The van der Waals surface area contributed by atoms with Crippen LogP contribution in [0, 0.1) is 11.6 Å². The van der Waals surface area contributed by atoms with Gasteiger partial charge < -0.3 is 4.84 Å². The van der Waals surface area contributed by atoms with Crippen molar-refractivity contribution in [3.05, 3.63) is 70.8 Å². The highest BCUT2D eigenvalue weighted by molar-refractivity contribution is 6.21. The molecule has 0 radical (unpaired) electrons. The fraction of sp³-hybridized carbons (Fsp3) is 0.167. The van der Waals surface area contributed by atoms with Crippen LogP contribution in [0.25, 0.3) is 0 Å². The molecule has 0 atom stereocenters. The molecular weight excluding hydrogens is 332 g/mol. The van der Waals surface area contributed by atoms with Crippen molar-refractivity contribution in [2.24, 2.45) is 0 Å². The second kappa shape index (κ2) is 5.77. The number of amides is 2. The Labute approximate surface area is 141 Å². The van der Waals surface area contributed by atoms with Gasteiger partial charge in [0.2, 0.25) is 0 Å². The Morgan fingerprint density at radius 3 is 2.04 bits per heavy atom. The first kappa shape index (κ1) is 16.8. The summed E-state index contributed by atoms with van der Waals surface area (Å²) in [7, 11) is 0. The van der Waals surface area contributed by atoms with Crippen molar-refractivity contribution >= 4 is 17.8 Å². The summed E-state index contributed by atoms with van der Waals surface area (Å²) in [6, 6.07) is 9.07. The molecule has 0 bridgehead atoms. The molecule has 1 aliphatic heterocycles. The van der Waals surface area contributed by atoms with Crippen molar-refractivity contribution in [2.45, 2.75) is 19.3 Å². The molecule has 0 aromatic heterocycles. The second-order valence-electron chi connectivity index (χ2n) is 6.08. The topological polar surface area (TPSA) is 63.7 Å². The smallest absolute Gasteiger partial charge is 0.329 e. The van der Waals surface area contributed by atoms with E-state index in [0.29, 0.717) is 5.06 Å². The lowest BCUT2D eigenvalue weighted by molar-refractivity contribution is -0.174. The van der Waals surface area contributed by atoms with Gasteiger partial charge in [-0.05, 0) is 43.7 Å². The molecule has 0 aliphatic carbocycles. The minimum Gasteiger partial charge on any atom is -0.329 e. The van der Waals surface area contributed by atoms with Gasteiger partial charge in [0.25, 0.3) is 11.8 Å². The van der Waals surface area contributed by atoms with Gasteiger partial charge in [-0.2, -0.15) is 0 Å². The minimum atomic E-state index is -1.41. The Balaban J connectivity index is 1.86. The van der Waals surface area contributed by atoms with Gasteiger partial charge >= 0.3 is 5.97 Å². The van der Waals surface area contributed by atoms with E-state index in [1.54, 1.807) is 12.1 Å². The number of rotatable bonds is 3. The second-order valence-corrected chi connectivity index (χ2v) is 6.08. The lowest BCUT2D eigenvalue weighted by atomic mass is 9.85. The van der Waals surface area contributed by atoms with Gasteiger partial charge in [0.05, 0.1) is 16.5 Å². The zero-order chi connectivity index (χ0) is 18.4. The normalized spacial score (nSPS) is 13.8. The Morgan fingerprint density at radius 1 is 0.960 bits per heavy atom. The van der Waals surface area contributed by atoms with Gasteiger partial charge in [-0.25, -0.2) is 13.6 Å². The van der Waals surface area contributed by atoms with Crippen LogP contribution in [0.5, 0.6) is 0 Å². The van der Waals surface area contributed by atoms with Crippen LogP contribution in [0.3, 0.4) is 0 Å². The third-order valence-corrected chi connectivity index (χ3v) is 4.08. The number of hydrogen-bond donors (Lipinski definition) is 0. The Hall–Kier alpha value is -3.09. The van der Waals surface area contributed by atoms with Crippen molar-refractivity contribution in [2.75, 3.05) is 0 Å². The SMILES string of the molecule is CC(C)(C(=O)ON1C(=O)c2ccccc2C1=O)c1ccc(F)c(F)c1. The molecule has 0 unspecified atom stereocenters. The van der Waals surface area contributed by atoms with E-state index in [-0.39, 0.29) is 16.7 Å². The monoisotopic (exact) mass is 345 g/mol. The zero-order valence-corrected chi connectivity index (χ0v) is 13.4. The van der Waals surface area contributed by atoms with Gasteiger partial charge in [0.1, 0.15) is 0 Å². The van der Waals surface area contributed by atoms with Gasteiger partial charge in [0.15, 0.2) is 11.6 Å². The maximum atomic E-state index is 13.4. The molecule has 0 fully saturated rings. The van der Waals surface area contributed by atoms with Crippen LogP contribution in [-0.4, -0.2) is 22.8 Å². The molecule has 2 aromatic rings. The first-order valence-electron chi connectivity index (χ1n) is 7.39. The third kappa shape index (κ3) is 2.67. The molecule has 1 heterocycles. The number of nitrogens with zero attached hydrogens (tertiary/aromatic N) is 1. The van der Waals surface area contributed by atoms with Crippen molar-refractivity contribution < 1.29 is 28.0 Å². The molecule has 0 saturated heterocycles. The van der Waals surface area contributed by atoms with Gasteiger partial charge in [0, 0.05) is 0 Å². The lowest BCUT2D eigenvalue weighted by Crippen LogP contribution is -2.40. The van der Waals surface area contributed by atoms with Gasteiger partial charge in [-0.15, -0.1) is 0 Å². The summed E-state index contributed by atoms with van der Waals surface area (Å²) in [5.41, 5.74) is -1.01. The van der Waals surface area contributed by atoms with Crippen LogP contribution >= 0.6 is 0 Å². The quantitative estimate of drug-likeness (QED) is 0.802. The zero-order valence-electron chi connectivity index (χ0n) is 13.4. The molecule has 5 nitrogen and oxygen atoms in total. The summed E-state index contributed by atoms with van der Waals surface area (Å²) in [6.45, 7) is 2.83. The van der Waals surface area contributed by atoms with Crippen LogP contribution in [-0.2, 0) is 15.0 Å². The van der Waals surface area contributed by atoms with E-state index >= 15 is 0 Å². The molecule has 1 aliphatic rings. The molecule has 2 amide bonds. The van der Waals surface area contributed by atoms with Crippen LogP contribution in [0.15, 0.2) is 42.5 Å². The standard InChI is InChI=1S/C18H13F2NO4/c1-18(2,10-7-8-13(19)14(20)9-10)17(24)25-21-15(22)11-5-3-4-6-12(11)16(21)23/h3-9H,1-2H3. The maximum absolute atomic E-state index is 13.4. The molecule has 2 aromatic carbocycles. The fourth-order valence-electron chi connectivity index (χ4n) is 2.45. The van der Waals surface area contributed by atoms with Crippen molar-refractivity contribution in [3.63, 3.8) is 0 Å². The highest BCUT2D eigenvalue weighted by atomic mass is 19.2. The number of imide groups is 1. The highest BCUT2D eigenvalue weighted by Crippen LogP contribution is 2.29. The van der Waals surface area contributed by atoms with Crippen molar-refractivity contribution in [1.82, 2.24) is 5.06 Å². The van der Waals surface area contributed by atoms with Crippen LogP contribution < -0.4 is 0 Å². The summed E-state index contributed by atoms with van der Waals surface area (Å²) in [5.74, 6) is -4.62. The number of halogens is 2. The molecule has 0 saturated carbocycles. The van der Waals surface area contributed by atoms with Gasteiger partial charge in [-0.1, -0.05) is 23.3 Å². The Bertz CT molecular complexity index is 873. The largest absolute Gasteiger partial charge is 0.343 e. The molecular formula is C18H13F2NO4. The molecule has 25 heavy (non-hydrogen) atoms. The van der Waals surface area contributed by atoms with E-state index in [2.05, 4.69) is 0 Å². The number of carbonyl (C=O) groups excluding carboxylic acids is 3. The molecule has 3 rings (SSSR count). The predicted molar refractivity (Wildman–Crippen MR) is 82.4 cm³/mol. The summed E-state index contributed by atoms with van der Waals surface area (Å²) in [6.07, 6.45) is 0. The fourth-order valence-corrected chi connectivity index (χ4v) is 2.45. The summed E-state index contributed by atoms with van der Waals surface area (Å²) >= 11 is 0. The first-order valence-corrected chi connectivity index (χ1v) is 7.39. The molecule has 7 heteroatoms. The number of hydroxylamine groups is 2.